The van der Waals surface area contributed by atoms with Crippen molar-refractivity contribution in [3.8, 4) is 0 Å². The van der Waals surface area contributed by atoms with Crippen molar-refractivity contribution in [2.45, 2.75) is 26.3 Å². The van der Waals surface area contributed by atoms with E-state index in [1.54, 1.807) is 12.4 Å². The molecule has 25 heavy (non-hydrogen) atoms. The van der Waals surface area contributed by atoms with Gasteiger partial charge in [0.25, 0.3) is 5.91 Å². The number of benzene rings is 1. The van der Waals surface area contributed by atoms with Crippen LogP contribution in [0.4, 0.5) is 0 Å². The molecule has 3 aromatic rings. The van der Waals surface area contributed by atoms with Crippen LogP contribution < -0.4 is 5.32 Å². The monoisotopic (exact) mass is 371 g/mol. The Hall–Kier alpha value is -2.24. The Labute approximate surface area is 155 Å². The fourth-order valence-corrected chi connectivity index (χ4v) is 3.54. The number of hydrogen-bond donors (Lipinski definition) is 1. The van der Waals surface area contributed by atoms with Crippen LogP contribution in [-0.2, 0) is 19.4 Å². The lowest BCUT2D eigenvalue weighted by molar-refractivity contribution is 0.0954. The molecule has 3 rings (SSSR count). The highest BCUT2D eigenvalue weighted by Gasteiger charge is 2.15. The zero-order valence-electron chi connectivity index (χ0n) is 13.8. The van der Waals surface area contributed by atoms with Crippen LogP contribution in [0.3, 0.4) is 0 Å². The molecule has 6 heteroatoms. The molecule has 0 spiro atoms. The van der Waals surface area contributed by atoms with Gasteiger partial charge < -0.3 is 5.32 Å². The summed E-state index contributed by atoms with van der Waals surface area (Å²) in [4.78, 5) is 21.7. The second-order valence-electron chi connectivity index (χ2n) is 5.69. The van der Waals surface area contributed by atoms with Gasteiger partial charge in [-0.3, -0.25) is 9.78 Å². The van der Waals surface area contributed by atoms with E-state index in [0.717, 1.165) is 29.1 Å². The van der Waals surface area contributed by atoms with Gasteiger partial charge in [0.15, 0.2) is 0 Å². The summed E-state index contributed by atoms with van der Waals surface area (Å²) in [6, 6.07) is 11.4. The van der Waals surface area contributed by atoms with E-state index in [1.165, 1.54) is 16.9 Å². The second-order valence-corrected chi connectivity index (χ2v) is 7.21. The summed E-state index contributed by atoms with van der Waals surface area (Å²) < 4.78 is 0. The van der Waals surface area contributed by atoms with Crippen LogP contribution in [0.15, 0.2) is 48.8 Å². The van der Waals surface area contributed by atoms with Gasteiger partial charge in [0.2, 0.25) is 0 Å². The number of nitrogens with one attached hydrogen (secondary N) is 1. The van der Waals surface area contributed by atoms with Gasteiger partial charge in [-0.2, -0.15) is 0 Å². The molecule has 0 atom stereocenters. The molecule has 1 aromatic carbocycles. The summed E-state index contributed by atoms with van der Waals surface area (Å²) in [6.45, 7) is 2.35. The van der Waals surface area contributed by atoms with Crippen LogP contribution in [-0.4, -0.2) is 15.9 Å². The Bertz CT molecular complexity index is 847. The van der Waals surface area contributed by atoms with E-state index in [9.17, 15) is 4.79 Å². The number of aromatic nitrogens is 2. The molecule has 0 radical (unpaired) electrons. The van der Waals surface area contributed by atoms with Gasteiger partial charge in [0.1, 0.15) is 4.88 Å². The number of hydrogen-bond acceptors (Lipinski definition) is 4. The Morgan fingerprint density at radius 3 is 2.52 bits per heavy atom. The molecule has 4 nitrogen and oxygen atoms in total. The average Bonchev–Trinajstić information content (AvgIpc) is 3.01. The van der Waals surface area contributed by atoms with E-state index in [1.807, 2.05) is 43.3 Å². The van der Waals surface area contributed by atoms with Gasteiger partial charge in [0, 0.05) is 30.4 Å². The van der Waals surface area contributed by atoms with Crippen molar-refractivity contribution >= 4 is 28.8 Å². The quantitative estimate of drug-likeness (QED) is 0.706. The van der Waals surface area contributed by atoms with Crippen LogP contribution >= 0.6 is 22.9 Å². The SMILES string of the molecule is Cc1nc(CCc2ccncc2)sc1C(=O)NCc1ccc(Cl)cc1. The van der Waals surface area contributed by atoms with Crippen LogP contribution in [0.25, 0.3) is 0 Å². The van der Waals surface area contributed by atoms with Crippen LogP contribution in [0, 0.1) is 6.92 Å². The molecule has 2 heterocycles. The van der Waals surface area contributed by atoms with Gasteiger partial charge in [-0.05, 0) is 48.7 Å². The maximum Gasteiger partial charge on any atom is 0.263 e. The van der Waals surface area contributed by atoms with Gasteiger partial charge >= 0.3 is 0 Å². The van der Waals surface area contributed by atoms with Crippen molar-refractivity contribution in [1.82, 2.24) is 15.3 Å². The number of carbonyl (C=O) groups excluding carboxylic acids is 1. The molecule has 0 fully saturated rings. The van der Waals surface area contributed by atoms with Crippen molar-refractivity contribution < 1.29 is 4.79 Å². The summed E-state index contributed by atoms with van der Waals surface area (Å²) in [5, 5.41) is 4.61. The number of pyridine rings is 1. The number of aryl methyl sites for hydroxylation is 3. The minimum absolute atomic E-state index is 0.0832. The molecule has 0 aliphatic rings. The molecule has 0 saturated carbocycles. The van der Waals surface area contributed by atoms with Crippen molar-refractivity contribution in [3.05, 3.63) is 80.5 Å². The number of amides is 1. The van der Waals surface area contributed by atoms with Crippen molar-refractivity contribution in [2.75, 3.05) is 0 Å². The first kappa shape index (κ1) is 17.6. The predicted octanol–water partition coefficient (Wildman–Crippen LogP) is 4.22. The van der Waals surface area contributed by atoms with Crippen molar-refractivity contribution in [2.24, 2.45) is 0 Å². The standard InChI is InChI=1S/C19H18ClN3OS/c1-13-18(19(24)22-12-15-2-5-16(20)6-3-15)25-17(23-13)7-4-14-8-10-21-11-9-14/h2-3,5-6,8-11H,4,7,12H2,1H3,(H,22,24). The number of nitrogens with zero attached hydrogens (tertiary/aromatic N) is 2. The third-order valence-electron chi connectivity index (χ3n) is 3.79. The average molecular weight is 372 g/mol. The van der Waals surface area contributed by atoms with Crippen molar-refractivity contribution in [1.29, 1.82) is 0 Å². The molecule has 0 unspecified atom stereocenters. The molecular weight excluding hydrogens is 354 g/mol. The highest BCUT2D eigenvalue weighted by molar-refractivity contribution is 7.13. The second kappa shape index (κ2) is 8.23. The first-order chi connectivity index (χ1) is 12.1. The molecule has 1 N–H and O–H groups in total. The lowest BCUT2D eigenvalue weighted by Gasteiger charge is -2.04. The summed E-state index contributed by atoms with van der Waals surface area (Å²) in [5.74, 6) is -0.0832. The van der Waals surface area contributed by atoms with E-state index in [4.69, 9.17) is 11.6 Å². The van der Waals surface area contributed by atoms with Gasteiger partial charge in [-0.1, -0.05) is 23.7 Å². The van der Waals surface area contributed by atoms with Gasteiger partial charge in [-0.15, -0.1) is 11.3 Å². The number of rotatable bonds is 6. The Morgan fingerprint density at radius 2 is 1.80 bits per heavy atom. The molecule has 0 saturated heterocycles. The molecule has 0 aliphatic heterocycles. The smallest absolute Gasteiger partial charge is 0.263 e. The first-order valence-corrected chi connectivity index (χ1v) is 9.19. The lowest BCUT2D eigenvalue weighted by Crippen LogP contribution is -2.22. The fourth-order valence-electron chi connectivity index (χ4n) is 2.44. The van der Waals surface area contributed by atoms with Crippen LogP contribution in [0.2, 0.25) is 5.02 Å². The predicted molar refractivity (Wildman–Crippen MR) is 101 cm³/mol. The third kappa shape index (κ3) is 4.87. The maximum absolute atomic E-state index is 12.4. The summed E-state index contributed by atoms with van der Waals surface area (Å²) in [6.07, 6.45) is 5.29. The molecule has 0 aliphatic carbocycles. The normalized spacial score (nSPS) is 10.6. The number of thiazole rings is 1. The van der Waals surface area contributed by atoms with E-state index in [2.05, 4.69) is 15.3 Å². The van der Waals surface area contributed by atoms with Gasteiger partial charge in [-0.25, -0.2) is 4.98 Å². The topological polar surface area (TPSA) is 54.9 Å². The fraction of sp³-hybridized carbons (Fsp3) is 0.211. The van der Waals surface area contributed by atoms with E-state index in [0.29, 0.717) is 16.4 Å². The molecule has 1 amide bonds. The zero-order chi connectivity index (χ0) is 17.6. The summed E-state index contributed by atoms with van der Waals surface area (Å²) >= 11 is 7.33. The Morgan fingerprint density at radius 1 is 1.08 bits per heavy atom. The highest BCUT2D eigenvalue weighted by atomic mass is 35.5. The van der Waals surface area contributed by atoms with Crippen molar-refractivity contribution in [3.63, 3.8) is 0 Å². The Balaban J connectivity index is 1.59. The number of halogens is 1. The minimum atomic E-state index is -0.0832. The maximum atomic E-state index is 12.4. The third-order valence-corrected chi connectivity index (χ3v) is 5.26. The van der Waals surface area contributed by atoms with E-state index in [-0.39, 0.29) is 5.91 Å². The highest BCUT2D eigenvalue weighted by Crippen LogP contribution is 2.20. The lowest BCUT2D eigenvalue weighted by atomic mass is 10.1. The Kier molecular flexibility index (Phi) is 5.79. The number of carbonyl (C=O) groups is 1. The molecule has 0 bridgehead atoms. The summed E-state index contributed by atoms with van der Waals surface area (Å²) in [5.41, 5.74) is 3.01. The van der Waals surface area contributed by atoms with Crippen LogP contribution in [0.5, 0.6) is 0 Å². The van der Waals surface area contributed by atoms with Gasteiger partial charge in [0.05, 0.1) is 10.7 Å². The summed E-state index contributed by atoms with van der Waals surface area (Å²) in [7, 11) is 0. The molecular formula is C19H18ClN3OS. The molecule has 2 aromatic heterocycles. The van der Waals surface area contributed by atoms with E-state index < -0.39 is 0 Å². The van der Waals surface area contributed by atoms with Crippen LogP contribution in [0.1, 0.15) is 31.5 Å². The molecule has 128 valence electrons. The first-order valence-electron chi connectivity index (χ1n) is 7.99. The zero-order valence-corrected chi connectivity index (χ0v) is 15.4. The minimum Gasteiger partial charge on any atom is -0.347 e. The van der Waals surface area contributed by atoms with E-state index >= 15 is 0 Å². The largest absolute Gasteiger partial charge is 0.347 e.